The maximum atomic E-state index is 13.0. The van der Waals surface area contributed by atoms with Crippen molar-refractivity contribution in [1.29, 1.82) is 0 Å². The molecule has 2 fully saturated rings. The molecule has 3 aliphatic heterocycles. The zero-order chi connectivity index (χ0) is 22.8. The Bertz CT molecular complexity index is 989. The van der Waals surface area contributed by atoms with Gasteiger partial charge in [0.05, 0.1) is 28.7 Å². The third-order valence-electron chi connectivity index (χ3n) is 7.13. The van der Waals surface area contributed by atoms with Gasteiger partial charge in [-0.25, -0.2) is 9.59 Å². The summed E-state index contributed by atoms with van der Waals surface area (Å²) in [6.45, 7) is 3.74. The van der Waals surface area contributed by atoms with Gasteiger partial charge in [0.1, 0.15) is 18.3 Å². The van der Waals surface area contributed by atoms with Gasteiger partial charge in [-0.1, -0.05) is 25.1 Å². The number of hydrogen-bond donors (Lipinski definition) is 0. The highest BCUT2D eigenvalue weighted by Crippen LogP contribution is 2.51. The Morgan fingerprint density at radius 2 is 1.88 bits per heavy atom. The van der Waals surface area contributed by atoms with Crippen LogP contribution in [-0.4, -0.2) is 73.0 Å². The molecule has 2 bridgehead atoms. The van der Waals surface area contributed by atoms with Gasteiger partial charge in [-0.05, 0) is 39.2 Å². The van der Waals surface area contributed by atoms with Crippen LogP contribution in [0.25, 0.3) is 0 Å². The molecule has 170 valence electrons. The van der Waals surface area contributed by atoms with Gasteiger partial charge in [-0.3, -0.25) is 9.69 Å². The predicted molar refractivity (Wildman–Crippen MR) is 112 cm³/mol. The maximum Gasteiger partial charge on any atom is 0.338 e. The summed E-state index contributed by atoms with van der Waals surface area (Å²) in [7, 11) is 3.66. The summed E-state index contributed by atoms with van der Waals surface area (Å²) < 4.78 is 23.5. The second kappa shape index (κ2) is 7.42. The number of rotatable bonds is 3. The monoisotopic (exact) mass is 441 g/mol. The van der Waals surface area contributed by atoms with Crippen LogP contribution in [0.2, 0.25) is 0 Å². The summed E-state index contributed by atoms with van der Waals surface area (Å²) in [4.78, 5) is 40.1. The van der Waals surface area contributed by atoms with Gasteiger partial charge in [0.15, 0.2) is 6.10 Å². The highest BCUT2D eigenvalue weighted by Gasteiger charge is 2.65. The lowest BCUT2D eigenvalue weighted by atomic mass is 9.79. The molecule has 0 saturated carbocycles. The molecule has 0 N–H and O–H groups in total. The highest BCUT2D eigenvalue weighted by atomic mass is 16.6. The van der Waals surface area contributed by atoms with E-state index < -0.39 is 53.9 Å². The van der Waals surface area contributed by atoms with Gasteiger partial charge in [-0.2, -0.15) is 0 Å². The number of esters is 3. The summed E-state index contributed by atoms with van der Waals surface area (Å²) in [5, 5.41) is 0. The van der Waals surface area contributed by atoms with Gasteiger partial charge < -0.3 is 18.9 Å². The van der Waals surface area contributed by atoms with Crippen molar-refractivity contribution >= 4 is 17.9 Å². The van der Waals surface area contributed by atoms with Gasteiger partial charge in [0.25, 0.3) is 0 Å². The van der Waals surface area contributed by atoms with E-state index in [0.717, 1.165) is 0 Å². The summed E-state index contributed by atoms with van der Waals surface area (Å²) in [6.07, 6.45) is 0.000215. The largest absolute Gasteiger partial charge is 0.462 e. The molecule has 4 aliphatic rings. The number of hydrogen-bond acceptors (Lipinski definition) is 8. The molecule has 8 atom stereocenters. The average Bonchev–Trinajstić information content (AvgIpc) is 3.14. The van der Waals surface area contributed by atoms with Crippen molar-refractivity contribution in [3.05, 3.63) is 47.5 Å². The number of epoxide rings is 1. The van der Waals surface area contributed by atoms with Crippen LogP contribution in [0.15, 0.2) is 42.0 Å². The summed E-state index contributed by atoms with van der Waals surface area (Å²) in [5.41, 5.74) is 0.184. The fourth-order valence-corrected chi connectivity index (χ4v) is 5.41. The first-order valence-corrected chi connectivity index (χ1v) is 10.9. The molecule has 2 saturated heterocycles. The molecule has 1 aromatic rings. The quantitative estimate of drug-likeness (QED) is 0.398. The normalized spacial score (nSPS) is 40.0. The van der Waals surface area contributed by atoms with Crippen LogP contribution in [0, 0.1) is 11.8 Å². The van der Waals surface area contributed by atoms with Crippen molar-refractivity contribution < 1.29 is 33.3 Å². The van der Waals surface area contributed by atoms with E-state index in [1.807, 2.05) is 32.0 Å². The third kappa shape index (κ3) is 3.33. The number of carbonyl (C=O) groups is 3. The van der Waals surface area contributed by atoms with E-state index in [1.54, 1.807) is 37.3 Å². The molecular formula is C24H27NO7. The predicted octanol–water partition coefficient (Wildman–Crippen LogP) is 1.73. The average molecular weight is 441 g/mol. The lowest BCUT2D eigenvalue weighted by Gasteiger charge is -2.32. The van der Waals surface area contributed by atoms with Crippen LogP contribution in [-0.2, 0) is 28.5 Å². The highest BCUT2D eigenvalue weighted by molar-refractivity contribution is 5.93. The molecule has 0 radical (unpaired) electrons. The first-order valence-electron chi connectivity index (χ1n) is 10.9. The van der Waals surface area contributed by atoms with Crippen molar-refractivity contribution in [3.8, 4) is 0 Å². The smallest absolute Gasteiger partial charge is 0.338 e. The Labute approximate surface area is 186 Å². The molecule has 0 aromatic heterocycles. The van der Waals surface area contributed by atoms with Crippen molar-refractivity contribution in [1.82, 2.24) is 4.90 Å². The molecule has 1 unspecified atom stereocenters. The number of carbonyl (C=O) groups excluding carboxylic acids is 3. The molecule has 1 aliphatic carbocycles. The fourth-order valence-electron chi connectivity index (χ4n) is 5.41. The Balaban J connectivity index is 1.55. The SMILES string of the molecule is CC1C(=O)O[C@H]2C[C@]3(C)O[C@H]3[C@H](OC(=O)c3ccccc3)[C@@H](N(C)C)C3=C[C@@H](OC3=O)[C@H]12. The van der Waals surface area contributed by atoms with E-state index in [-0.39, 0.29) is 11.9 Å². The van der Waals surface area contributed by atoms with Crippen LogP contribution in [0.4, 0.5) is 0 Å². The van der Waals surface area contributed by atoms with Crippen LogP contribution >= 0.6 is 0 Å². The summed E-state index contributed by atoms with van der Waals surface area (Å²) in [5.74, 6) is -1.92. The van der Waals surface area contributed by atoms with Crippen LogP contribution in [0.5, 0.6) is 0 Å². The van der Waals surface area contributed by atoms with Crippen molar-refractivity contribution in [3.63, 3.8) is 0 Å². The number of benzene rings is 1. The van der Waals surface area contributed by atoms with Gasteiger partial charge >= 0.3 is 17.9 Å². The van der Waals surface area contributed by atoms with E-state index in [0.29, 0.717) is 17.6 Å². The molecule has 5 rings (SSSR count). The van der Waals surface area contributed by atoms with Crippen LogP contribution < -0.4 is 0 Å². The summed E-state index contributed by atoms with van der Waals surface area (Å²) >= 11 is 0. The third-order valence-corrected chi connectivity index (χ3v) is 7.13. The van der Waals surface area contributed by atoms with E-state index in [4.69, 9.17) is 18.9 Å². The first-order chi connectivity index (χ1) is 15.2. The molecule has 32 heavy (non-hydrogen) atoms. The lowest BCUT2D eigenvalue weighted by molar-refractivity contribution is -0.144. The topological polar surface area (TPSA) is 94.7 Å². The van der Waals surface area contributed by atoms with E-state index in [1.165, 1.54) is 0 Å². The standard InChI is InChI=1S/C24H27NO7/c1-12-17-15-10-14(23(28)29-15)18(25(3)4)19(31-22(27)13-8-6-5-7-9-13)20-24(2,32-20)11-16(17)30-21(12)26/h5-10,12,15-20H,11H2,1-4H3/t12?,15-,16+,17+,18+,19-,20+,24+/m1/s1. The molecule has 3 heterocycles. The van der Waals surface area contributed by atoms with E-state index >= 15 is 0 Å². The van der Waals surface area contributed by atoms with Crippen LogP contribution in [0.1, 0.15) is 30.6 Å². The Hall–Kier alpha value is -2.71. The fraction of sp³-hybridized carbons (Fsp3) is 0.542. The minimum absolute atomic E-state index is 0.281. The Kier molecular flexibility index (Phi) is 4.90. The molecular weight excluding hydrogens is 414 g/mol. The molecule has 0 spiro atoms. The number of nitrogens with zero attached hydrogens (tertiary/aromatic N) is 1. The lowest BCUT2D eigenvalue weighted by Crippen LogP contribution is -2.49. The second-order valence-electron chi connectivity index (χ2n) is 9.53. The van der Waals surface area contributed by atoms with Crippen molar-refractivity contribution in [2.75, 3.05) is 14.1 Å². The number of fused-ring (bicyclic) bond motifs is 4. The van der Waals surface area contributed by atoms with Crippen molar-refractivity contribution in [2.45, 2.75) is 56.3 Å². The molecule has 1 aromatic carbocycles. The first kappa shape index (κ1) is 21.2. The number of ether oxygens (including phenoxy) is 4. The van der Waals surface area contributed by atoms with E-state index in [2.05, 4.69) is 0 Å². The van der Waals surface area contributed by atoms with Gasteiger partial charge in [-0.15, -0.1) is 0 Å². The van der Waals surface area contributed by atoms with E-state index in [9.17, 15) is 14.4 Å². The summed E-state index contributed by atoms with van der Waals surface area (Å²) in [6, 6.07) is 8.16. The van der Waals surface area contributed by atoms with Gasteiger partial charge in [0.2, 0.25) is 0 Å². The zero-order valence-electron chi connectivity index (χ0n) is 18.5. The molecule has 8 nitrogen and oxygen atoms in total. The van der Waals surface area contributed by atoms with Gasteiger partial charge in [0, 0.05) is 12.3 Å². The second-order valence-corrected chi connectivity index (χ2v) is 9.53. The zero-order valence-corrected chi connectivity index (χ0v) is 18.5. The van der Waals surface area contributed by atoms with Crippen LogP contribution in [0.3, 0.4) is 0 Å². The number of likely N-dealkylation sites (N-methyl/N-ethyl adjacent to an activating group) is 1. The van der Waals surface area contributed by atoms with Crippen molar-refractivity contribution in [2.24, 2.45) is 11.8 Å². The minimum atomic E-state index is -0.744. The Morgan fingerprint density at radius 3 is 2.56 bits per heavy atom. The Morgan fingerprint density at radius 1 is 1.16 bits per heavy atom. The molecule has 8 heteroatoms. The molecule has 0 amide bonds. The maximum absolute atomic E-state index is 13.0. The minimum Gasteiger partial charge on any atom is -0.462 e.